The lowest BCUT2D eigenvalue weighted by Crippen LogP contribution is -2.43. The molecule has 72 heavy (non-hydrogen) atoms. The molecule has 1 aliphatic rings. The molecule has 0 aromatic rings. The third-order valence-electron chi connectivity index (χ3n) is 15.3. The lowest BCUT2D eigenvalue weighted by atomic mass is 9.92. The molecule has 0 aromatic carbocycles. The molecule has 9 heteroatoms. The van der Waals surface area contributed by atoms with Gasteiger partial charge in [-0.25, -0.2) is 14.4 Å². The van der Waals surface area contributed by atoms with Crippen molar-refractivity contribution in [3.8, 4) is 0 Å². The summed E-state index contributed by atoms with van der Waals surface area (Å²) < 4.78 is 17.6. The highest BCUT2D eigenvalue weighted by atomic mass is 16.6. The highest BCUT2D eigenvalue weighted by molar-refractivity contribution is 5.68. The lowest BCUT2D eigenvalue weighted by molar-refractivity contribution is -0.0419. The summed E-state index contributed by atoms with van der Waals surface area (Å²) in [5, 5.41) is 8.81. The van der Waals surface area contributed by atoms with Crippen LogP contribution in [-0.4, -0.2) is 56.2 Å². The first kappa shape index (κ1) is 67.8. The van der Waals surface area contributed by atoms with Crippen molar-refractivity contribution < 1.29 is 28.6 Å². The maximum Gasteiger partial charge on any atom is 0.407 e. The van der Waals surface area contributed by atoms with Gasteiger partial charge in [-0.15, -0.1) is 0 Å². The molecule has 0 heterocycles. The second kappa shape index (κ2) is 55.1. The summed E-state index contributed by atoms with van der Waals surface area (Å²) in [6, 6.07) is 0. The van der Waals surface area contributed by atoms with Gasteiger partial charge in [-0.2, -0.15) is 0 Å². The number of carbonyl (C=O) groups is 3. The summed E-state index contributed by atoms with van der Waals surface area (Å²) in [6.45, 7) is 8.57. The van der Waals surface area contributed by atoms with Gasteiger partial charge in [0.05, 0.1) is 0 Å². The maximum absolute atomic E-state index is 12.9. The van der Waals surface area contributed by atoms with E-state index < -0.39 is 36.6 Å². The van der Waals surface area contributed by atoms with Crippen LogP contribution >= 0.6 is 0 Å². The van der Waals surface area contributed by atoms with Crippen molar-refractivity contribution in [2.24, 2.45) is 0 Å². The number of hydrogen-bond acceptors (Lipinski definition) is 6. The number of unbranched alkanes of at least 4 members (excludes halogenated alkanes) is 45. The van der Waals surface area contributed by atoms with Crippen LogP contribution in [0.3, 0.4) is 0 Å². The van der Waals surface area contributed by atoms with Crippen molar-refractivity contribution >= 4 is 18.3 Å². The molecule has 0 unspecified atom stereocenters. The molecule has 3 N–H and O–H groups in total. The van der Waals surface area contributed by atoms with E-state index in [2.05, 4.69) is 36.7 Å². The summed E-state index contributed by atoms with van der Waals surface area (Å²) in [6.07, 6.45) is 61.2. The summed E-state index contributed by atoms with van der Waals surface area (Å²) in [4.78, 5) is 38.8. The Morgan fingerprint density at radius 1 is 0.250 bits per heavy atom. The van der Waals surface area contributed by atoms with Gasteiger partial charge in [-0.1, -0.05) is 310 Å². The Bertz CT molecular complexity index is 1010. The topological polar surface area (TPSA) is 115 Å². The van der Waals surface area contributed by atoms with Crippen molar-refractivity contribution in [1.29, 1.82) is 0 Å². The zero-order valence-corrected chi connectivity index (χ0v) is 48.4. The zero-order valence-electron chi connectivity index (χ0n) is 48.4. The van der Waals surface area contributed by atoms with Gasteiger partial charge < -0.3 is 30.2 Å². The Morgan fingerprint density at radius 2 is 0.389 bits per heavy atom. The average molecular weight is 1020 g/mol. The number of ether oxygens (including phenoxy) is 3. The first-order valence-corrected chi connectivity index (χ1v) is 32.3. The number of alkyl carbamates (subject to hydrolysis) is 3. The van der Waals surface area contributed by atoms with Crippen molar-refractivity contribution in [3.05, 3.63) is 0 Å². The van der Waals surface area contributed by atoms with E-state index in [-0.39, 0.29) is 0 Å². The van der Waals surface area contributed by atoms with E-state index in [1.165, 1.54) is 270 Å². The van der Waals surface area contributed by atoms with Crippen molar-refractivity contribution in [2.75, 3.05) is 19.6 Å². The normalized spacial score (nSPS) is 15.6. The third kappa shape index (κ3) is 48.7. The molecular formula is C63H123N3O6. The van der Waals surface area contributed by atoms with Gasteiger partial charge >= 0.3 is 18.3 Å². The number of amides is 3. The van der Waals surface area contributed by atoms with Gasteiger partial charge in [0.25, 0.3) is 0 Å². The van der Waals surface area contributed by atoms with Crippen LogP contribution in [0.5, 0.6) is 0 Å². The Morgan fingerprint density at radius 3 is 0.542 bits per heavy atom. The fourth-order valence-electron chi connectivity index (χ4n) is 10.6. The van der Waals surface area contributed by atoms with E-state index in [1.54, 1.807) is 0 Å². The van der Waals surface area contributed by atoms with Gasteiger partial charge in [-0.05, 0) is 19.3 Å². The Hall–Kier alpha value is -2.19. The van der Waals surface area contributed by atoms with E-state index in [9.17, 15) is 14.4 Å². The molecule has 1 aliphatic carbocycles. The quantitative estimate of drug-likeness (QED) is 0.0413. The second-order valence-corrected chi connectivity index (χ2v) is 22.5. The van der Waals surface area contributed by atoms with Gasteiger partial charge in [0.2, 0.25) is 0 Å². The fraction of sp³-hybridized carbons (Fsp3) is 0.952. The molecule has 0 radical (unpaired) electrons. The van der Waals surface area contributed by atoms with Gasteiger partial charge in [-0.3, -0.25) is 0 Å². The largest absolute Gasteiger partial charge is 0.446 e. The van der Waals surface area contributed by atoms with Crippen LogP contribution in [-0.2, 0) is 14.2 Å². The minimum Gasteiger partial charge on any atom is -0.446 e. The Balaban J connectivity index is 2.33. The Kier molecular flexibility index (Phi) is 51.9. The Labute approximate surface area is 447 Å². The molecule has 0 spiro atoms. The van der Waals surface area contributed by atoms with E-state index in [0.29, 0.717) is 38.9 Å². The molecule has 0 aliphatic heterocycles. The highest BCUT2D eigenvalue weighted by Crippen LogP contribution is 2.27. The maximum atomic E-state index is 12.9. The standard InChI is InChI=1S/C63H123N3O6/c1-4-7-10-13-16-19-22-25-28-31-34-37-40-43-46-49-52-64-61(67)70-58-55-59(71-62(68)65-53-50-47-44-41-38-35-32-29-26-23-20-17-14-11-8-5-2)57-60(56-58)72-63(69)66-54-51-48-45-42-39-36-33-30-27-24-21-18-15-12-9-6-3/h58-60H,4-57H2,1-3H3,(H,64,67)(H,65,68)(H,66,69). The van der Waals surface area contributed by atoms with E-state index in [1.807, 2.05) is 0 Å². The van der Waals surface area contributed by atoms with E-state index >= 15 is 0 Å². The van der Waals surface area contributed by atoms with Crippen LogP contribution in [0.1, 0.15) is 348 Å². The molecule has 0 bridgehead atoms. The SMILES string of the molecule is CCCCCCCCCCCCCCCCCCNC(=O)OC1CC(OC(=O)NCCCCCCCCCCCCCCCCCC)CC(OC(=O)NCCCCCCCCCCCCCCCCCC)C1. The lowest BCUT2D eigenvalue weighted by Gasteiger charge is -2.33. The summed E-state index contributed by atoms with van der Waals surface area (Å²) >= 11 is 0. The molecule has 0 saturated heterocycles. The molecule has 0 aromatic heterocycles. The van der Waals surface area contributed by atoms with Crippen LogP contribution in [0.4, 0.5) is 14.4 Å². The number of nitrogens with one attached hydrogen (secondary N) is 3. The number of carbonyl (C=O) groups excluding carboxylic acids is 3. The summed E-state index contributed by atoms with van der Waals surface area (Å²) in [5.74, 6) is 0. The minimum atomic E-state index is -0.513. The van der Waals surface area contributed by atoms with Gasteiger partial charge in [0.15, 0.2) is 0 Å². The third-order valence-corrected chi connectivity index (χ3v) is 15.3. The summed E-state index contributed by atoms with van der Waals surface area (Å²) in [5.41, 5.74) is 0. The zero-order chi connectivity index (χ0) is 51.9. The highest BCUT2D eigenvalue weighted by Gasteiger charge is 2.35. The predicted octanol–water partition coefficient (Wildman–Crippen LogP) is 20.2. The molecule has 1 rings (SSSR count). The van der Waals surface area contributed by atoms with Crippen LogP contribution < -0.4 is 16.0 Å². The van der Waals surface area contributed by atoms with Crippen LogP contribution in [0, 0.1) is 0 Å². The van der Waals surface area contributed by atoms with Gasteiger partial charge in [0.1, 0.15) is 18.3 Å². The fourth-order valence-corrected chi connectivity index (χ4v) is 10.6. The van der Waals surface area contributed by atoms with E-state index in [4.69, 9.17) is 14.2 Å². The van der Waals surface area contributed by atoms with Crippen molar-refractivity contribution in [1.82, 2.24) is 16.0 Å². The molecule has 1 saturated carbocycles. The monoisotopic (exact) mass is 1020 g/mol. The van der Waals surface area contributed by atoms with E-state index in [0.717, 1.165) is 38.5 Å². The molecule has 1 fully saturated rings. The first-order chi connectivity index (χ1) is 35.5. The summed E-state index contributed by atoms with van der Waals surface area (Å²) in [7, 11) is 0. The number of rotatable bonds is 54. The van der Waals surface area contributed by atoms with Crippen LogP contribution in [0.2, 0.25) is 0 Å². The van der Waals surface area contributed by atoms with Crippen molar-refractivity contribution in [3.63, 3.8) is 0 Å². The smallest absolute Gasteiger partial charge is 0.407 e. The molecule has 9 nitrogen and oxygen atoms in total. The molecular weight excluding hydrogens is 895 g/mol. The molecule has 0 atom stereocenters. The second-order valence-electron chi connectivity index (χ2n) is 22.5. The van der Waals surface area contributed by atoms with Crippen molar-refractivity contribution in [2.45, 2.75) is 367 Å². The minimum absolute atomic E-state index is 0.388. The molecule has 3 amide bonds. The molecule has 426 valence electrons. The predicted molar refractivity (Wildman–Crippen MR) is 307 cm³/mol. The average Bonchev–Trinajstić information content (AvgIpc) is 3.36. The van der Waals surface area contributed by atoms with Crippen LogP contribution in [0.15, 0.2) is 0 Å². The first-order valence-electron chi connectivity index (χ1n) is 32.3. The van der Waals surface area contributed by atoms with Gasteiger partial charge in [0, 0.05) is 38.9 Å². The van der Waals surface area contributed by atoms with Crippen LogP contribution in [0.25, 0.3) is 0 Å². The number of hydrogen-bond donors (Lipinski definition) is 3.